The number of benzene rings is 1. The Bertz CT molecular complexity index is 1050. The Morgan fingerprint density at radius 1 is 1.50 bits per heavy atom. The molecular formula is C15H9ClFN3O3S. The van der Waals surface area contributed by atoms with Crippen LogP contribution in [-0.2, 0) is 6.54 Å². The molecule has 0 fully saturated rings. The minimum Gasteiger partial charge on any atom is -0.505 e. The third-order valence-corrected chi connectivity index (χ3v) is 4.42. The third kappa shape index (κ3) is 2.29. The number of nitrogens with zero attached hydrogens (tertiary/aromatic N) is 3. The first-order chi connectivity index (χ1) is 11.5. The molecule has 0 saturated carbocycles. The molecule has 6 nitrogen and oxygen atoms in total. The highest BCUT2D eigenvalue weighted by molar-refractivity contribution is 7.13. The number of rotatable bonds is 3. The standard InChI is InChI=1S/C15H9ClFN3O3S/c1-3-6-20-14-13(24-19-18-14)11(21)10(15(20)22)9-8(17)5-4-7(16)12(9)23-2/h1,4-5,21H,6H2,2H3. The average molecular weight is 366 g/mol. The molecule has 1 aromatic carbocycles. The number of hydrogen-bond acceptors (Lipinski definition) is 6. The first-order valence-corrected chi connectivity index (χ1v) is 7.70. The summed E-state index contributed by atoms with van der Waals surface area (Å²) in [5.74, 6) is 1.05. The number of pyridine rings is 1. The highest BCUT2D eigenvalue weighted by atomic mass is 35.5. The first kappa shape index (κ1) is 16.2. The molecule has 0 amide bonds. The number of ether oxygens (including phenoxy) is 1. The first-order valence-electron chi connectivity index (χ1n) is 6.54. The summed E-state index contributed by atoms with van der Waals surface area (Å²) in [5.41, 5.74) is -1.13. The SMILES string of the molecule is C#CCn1c(=O)c(-c2c(F)ccc(Cl)c2OC)c(O)c2snnc21. The van der Waals surface area contributed by atoms with Crippen molar-refractivity contribution in [3.05, 3.63) is 33.3 Å². The van der Waals surface area contributed by atoms with E-state index in [1.165, 1.54) is 13.2 Å². The molecule has 2 aromatic heterocycles. The van der Waals surface area contributed by atoms with Crippen molar-refractivity contribution >= 4 is 33.5 Å². The molecule has 0 spiro atoms. The van der Waals surface area contributed by atoms with Gasteiger partial charge in [0.15, 0.2) is 11.4 Å². The number of aromatic nitrogens is 3. The molecule has 0 aliphatic carbocycles. The van der Waals surface area contributed by atoms with Gasteiger partial charge in [0, 0.05) is 0 Å². The molecule has 0 aliphatic heterocycles. The van der Waals surface area contributed by atoms with Crippen molar-refractivity contribution in [1.82, 2.24) is 14.2 Å². The highest BCUT2D eigenvalue weighted by Crippen LogP contribution is 2.42. The Balaban J connectivity index is 2.51. The molecule has 3 aromatic rings. The lowest BCUT2D eigenvalue weighted by Crippen LogP contribution is -2.22. The third-order valence-electron chi connectivity index (χ3n) is 3.40. The van der Waals surface area contributed by atoms with Gasteiger partial charge in [-0.15, -0.1) is 11.5 Å². The second kappa shape index (κ2) is 6.11. The van der Waals surface area contributed by atoms with Crippen LogP contribution in [-0.4, -0.2) is 26.4 Å². The van der Waals surface area contributed by atoms with Gasteiger partial charge in [0.05, 0.1) is 29.8 Å². The van der Waals surface area contributed by atoms with Crippen LogP contribution in [0.3, 0.4) is 0 Å². The van der Waals surface area contributed by atoms with Crippen LogP contribution in [0.2, 0.25) is 5.02 Å². The number of halogens is 2. The topological polar surface area (TPSA) is 77.2 Å². The maximum absolute atomic E-state index is 14.4. The summed E-state index contributed by atoms with van der Waals surface area (Å²) < 4.78 is 24.6. The Hall–Kier alpha value is -2.63. The Morgan fingerprint density at radius 2 is 2.25 bits per heavy atom. The Labute approximate surface area is 144 Å². The van der Waals surface area contributed by atoms with E-state index in [0.29, 0.717) is 0 Å². The lowest BCUT2D eigenvalue weighted by molar-refractivity contribution is 0.412. The normalized spacial score (nSPS) is 10.8. The van der Waals surface area contributed by atoms with Gasteiger partial charge < -0.3 is 9.84 Å². The van der Waals surface area contributed by atoms with E-state index in [1.807, 2.05) is 0 Å². The molecule has 0 radical (unpaired) electrons. The van der Waals surface area contributed by atoms with Crippen molar-refractivity contribution in [2.24, 2.45) is 0 Å². The van der Waals surface area contributed by atoms with Gasteiger partial charge in [0.2, 0.25) is 0 Å². The lowest BCUT2D eigenvalue weighted by atomic mass is 10.0. The van der Waals surface area contributed by atoms with Crippen LogP contribution in [0.1, 0.15) is 0 Å². The number of hydrogen-bond donors (Lipinski definition) is 1. The van der Waals surface area contributed by atoms with Crippen molar-refractivity contribution in [1.29, 1.82) is 0 Å². The van der Waals surface area contributed by atoms with Crippen molar-refractivity contribution in [3.63, 3.8) is 0 Å². The molecule has 0 aliphatic rings. The summed E-state index contributed by atoms with van der Waals surface area (Å²) in [7, 11) is 1.29. The van der Waals surface area contributed by atoms with Crippen molar-refractivity contribution in [2.75, 3.05) is 7.11 Å². The smallest absolute Gasteiger partial charge is 0.265 e. The molecular weight excluding hydrogens is 357 g/mol. The van der Waals surface area contributed by atoms with Crippen LogP contribution in [0, 0.1) is 18.2 Å². The Kier molecular flexibility index (Phi) is 4.13. The summed E-state index contributed by atoms with van der Waals surface area (Å²) in [4.78, 5) is 12.8. The van der Waals surface area contributed by atoms with Gasteiger partial charge in [-0.1, -0.05) is 22.0 Å². The van der Waals surface area contributed by atoms with Crippen LogP contribution >= 0.6 is 23.1 Å². The molecule has 0 bridgehead atoms. The number of terminal acetylenes is 1. The van der Waals surface area contributed by atoms with Crippen LogP contribution in [0.4, 0.5) is 4.39 Å². The van der Waals surface area contributed by atoms with E-state index in [1.54, 1.807) is 0 Å². The molecule has 0 unspecified atom stereocenters. The van der Waals surface area contributed by atoms with E-state index in [-0.39, 0.29) is 38.8 Å². The van der Waals surface area contributed by atoms with Crippen LogP contribution < -0.4 is 10.3 Å². The fraction of sp³-hybridized carbons (Fsp3) is 0.133. The predicted octanol–water partition coefficient (Wildman–Crippen LogP) is 2.66. The van der Waals surface area contributed by atoms with E-state index in [0.717, 1.165) is 22.2 Å². The van der Waals surface area contributed by atoms with Gasteiger partial charge in [0.1, 0.15) is 16.3 Å². The maximum atomic E-state index is 14.4. The molecule has 0 saturated heterocycles. The van der Waals surface area contributed by atoms with E-state index in [9.17, 15) is 14.3 Å². The van der Waals surface area contributed by atoms with Crippen molar-refractivity contribution in [2.45, 2.75) is 6.54 Å². The van der Waals surface area contributed by atoms with Crippen molar-refractivity contribution < 1.29 is 14.2 Å². The summed E-state index contributed by atoms with van der Waals surface area (Å²) in [6.45, 7) is -0.113. The quantitative estimate of drug-likeness (QED) is 0.722. The zero-order chi connectivity index (χ0) is 17.4. The zero-order valence-corrected chi connectivity index (χ0v) is 13.8. The molecule has 9 heteroatoms. The van der Waals surface area contributed by atoms with Gasteiger partial charge in [-0.3, -0.25) is 9.36 Å². The molecule has 1 N–H and O–H groups in total. The monoisotopic (exact) mass is 365 g/mol. The number of aromatic hydroxyl groups is 1. The molecule has 24 heavy (non-hydrogen) atoms. The van der Waals surface area contributed by atoms with E-state index < -0.39 is 17.1 Å². The minimum absolute atomic E-state index is 0.0619. The van der Waals surface area contributed by atoms with Gasteiger partial charge in [-0.05, 0) is 23.7 Å². The molecule has 122 valence electrons. The average Bonchev–Trinajstić information content (AvgIpc) is 3.04. The van der Waals surface area contributed by atoms with E-state index in [4.69, 9.17) is 22.8 Å². The second-order valence-electron chi connectivity index (χ2n) is 4.68. The van der Waals surface area contributed by atoms with Gasteiger partial charge in [0.25, 0.3) is 5.56 Å². The van der Waals surface area contributed by atoms with Gasteiger partial charge >= 0.3 is 0 Å². The fourth-order valence-corrected chi connectivity index (χ4v) is 3.24. The maximum Gasteiger partial charge on any atom is 0.265 e. The number of fused-ring (bicyclic) bond motifs is 1. The van der Waals surface area contributed by atoms with Crippen LogP contribution in [0.15, 0.2) is 16.9 Å². The number of methoxy groups -OCH3 is 1. The summed E-state index contributed by atoms with van der Waals surface area (Å²) >= 11 is 6.88. The zero-order valence-electron chi connectivity index (χ0n) is 12.2. The lowest BCUT2D eigenvalue weighted by Gasteiger charge is -2.14. The van der Waals surface area contributed by atoms with Crippen LogP contribution in [0.25, 0.3) is 21.5 Å². The van der Waals surface area contributed by atoms with Gasteiger partial charge in [-0.25, -0.2) is 4.39 Å². The molecule has 0 atom stereocenters. The summed E-state index contributed by atoms with van der Waals surface area (Å²) in [5, 5.41) is 14.4. The highest BCUT2D eigenvalue weighted by Gasteiger charge is 2.26. The van der Waals surface area contributed by atoms with Crippen LogP contribution in [0.5, 0.6) is 11.5 Å². The van der Waals surface area contributed by atoms with Crippen molar-refractivity contribution in [3.8, 4) is 35.0 Å². The largest absolute Gasteiger partial charge is 0.505 e. The van der Waals surface area contributed by atoms with Gasteiger partial charge in [-0.2, -0.15) is 0 Å². The molecule has 2 heterocycles. The molecule has 3 rings (SSSR count). The van der Waals surface area contributed by atoms with E-state index in [2.05, 4.69) is 15.5 Å². The summed E-state index contributed by atoms with van der Waals surface area (Å²) in [6, 6.07) is 2.38. The second-order valence-corrected chi connectivity index (χ2v) is 5.84. The Morgan fingerprint density at radius 3 is 2.92 bits per heavy atom. The fourth-order valence-electron chi connectivity index (χ4n) is 2.39. The minimum atomic E-state index is -0.771. The predicted molar refractivity (Wildman–Crippen MR) is 89.1 cm³/mol. The van der Waals surface area contributed by atoms with E-state index >= 15 is 0 Å². The summed E-state index contributed by atoms with van der Waals surface area (Å²) in [6.07, 6.45) is 5.29.